The van der Waals surface area contributed by atoms with Crippen molar-refractivity contribution in [3.05, 3.63) is 22.8 Å². The number of esters is 2. The van der Waals surface area contributed by atoms with E-state index in [0.29, 0.717) is 43.8 Å². The van der Waals surface area contributed by atoms with Crippen LogP contribution in [-0.4, -0.2) is 47.1 Å². The molecule has 0 aromatic heterocycles. The molecule has 2 N–H and O–H groups in total. The molecule has 4 aliphatic rings. The third-order valence-electron chi connectivity index (χ3n) is 12.3. The first-order valence-corrected chi connectivity index (χ1v) is 16.3. The Bertz CT molecular complexity index is 1060. The molecule has 0 spiro atoms. The molecule has 0 saturated heterocycles. The standard InChI is InChI=1S/C35H56O6/c1-9-10-18-40-32(39)24(13-11-12-21(2)3)30-26-19-28(38)31-33(6)16-15-27(37)22(4)25(33)14-17-34(31,7)35(26,8)20-29(30)41-23(5)36/h12,22,25-29,31,37-38H,9-11,13-20H2,1-8H3/b30-24-/t22-,25-,26-,27+,28+,29-,31-,33-,34-,35-/m0/s1. The van der Waals surface area contributed by atoms with Crippen molar-refractivity contribution in [2.24, 2.45) is 39.9 Å². The molecule has 4 saturated carbocycles. The Morgan fingerprint density at radius 2 is 1.73 bits per heavy atom. The third kappa shape index (κ3) is 5.57. The molecule has 6 heteroatoms. The second-order valence-electron chi connectivity index (χ2n) is 14.8. The minimum Gasteiger partial charge on any atom is -0.462 e. The normalized spacial score (nSPS) is 42.8. The average molecular weight is 573 g/mol. The maximum Gasteiger partial charge on any atom is 0.334 e. The summed E-state index contributed by atoms with van der Waals surface area (Å²) in [6, 6.07) is 0. The number of aliphatic hydroxyl groups is 2. The first-order chi connectivity index (χ1) is 19.2. The molecule has 0 aromatic rings. The zero-order valence-corrected chi connectivity index (χ0v) is 26.9. The molecule has 41 heavy (non-hydrogen) atoms. The van der Waals surface area contributed by atoms with Crippen LogP contribution in [0.3, 0.4) is 0 Å². The Morgan fingerprint density at radius 3 is 2.37 bits per heavy atom. The lowest BCUT2D eigenvalue weighted by molar-refractivity contribution is -0.234. The maximum absolute atomic E-state index is 13.7. The van der Waals surface area contributed by atoms with Crippen LogP contribution in [0.5, 0.6) is 0 Å². The molecule has 0 radical (unpaired) electrons. The van der Waals surface area contributed by atoms with E-state index in [1.165, 1.54) is 12.5 Å². The zero-order chi connectivity index (χ0) is 30.3. The minimum atomic E-state index is -0.533. The number of hydrogen-bond donors (Lipinski definition) is 2. The van der Waals surface area contributed by atoms with E-state index in [1.807, 2.05) is 0 Å². The summed E-state index contributed by atoms with van der Waals surface area (Å²) in [7, 11) is 0. The van der Waals surface area contributed by atoms with Crippen LogP contribution < -0.4 is 0 Å². The van der Waals surface area contributed by atoms with Crippen LogP contribution in [0.2, 0.25) is 0 Å². The van der Waals surface area contributed by atoms with Gasteiger partial charge in [0.05, 0.1) is 18.8 Å². The molecule has 10 atom stereocenters. The summed E-state index contributed by atoms with van der Waals surface area (Å²) in [4.78, 5) is 26.2. The monoisotopic (exact) mass is 572 g/mol. The Kier molecular flexibility index (Phi) is 9.56. The van der Waals surface area contributed by atoms with Crippen molar-refractivity contribution in [2.45, 2.75) is 138 Å². The first-order valence-electron chi connectivity index (χ1n) is 16.3. The number of carbonyl (C=O) groups is 2. The van der Waals surface area contributed by atoms with E-state index in [2.05, 4.69) is 54.5 Å². The molecule has 6 nitrogen and oxygen atoms in total. The quantitative estimate of drug-likeness (QED) is 0.142. The fourth-order valence-corrected chi connectivity index (χ4v) is 10.2. The molecule has 0 unspecified atom stereocenters. The van der Waals surface area contributed by atoms with Crippen LogP contribution in [0, 0.1) is 39.9 Å². The van der Waals surface area contributed by atoms with Gasteiger partial charge >= 0.3 is 11.9 Å². The van der Waals surface area contributed by atoms with Crippen molar-refractivity contribution >= 4 is 11.9 Å². The largest absolute Gasteiger partial charge is 0.462 e. The lowest BCUT2D eigenvalue weighted by atomic mass is 9.36. The Hall–Kier alpha value is -1.66. The molecular formula is C35H56O6. The third-order valence-corrected chi connectivity index (χ3v) is 12.3. The summed E-state index contributed by atoms with van der Waals surface area (Å²) < 4.78 is 11.9. The number of fused-ring (bicyclic) bond motifs is 5. The molecule has 0 bridgehead atoms. The molecule has 232 valence electrons. The fourth-order valence-electron chi connectivity index (χ4n) is 10.2. The SMILES string of the molecule is CCCCOC(=O)/C(CCC=C(C)C)=C1\[C@@H](OC(C)=O)C[C@@]2(C)[C@H]1C[C@@H](O)[C@H]1[C@@]3(C)CC[C@@H](O)[C@@H](C)[C@@H]3CC[C@@]12C. The molecule has 0 amide bonds. The van der Waals surface area contributed by atoms with Gasteiger partial charge in [-0.15, -0.1) is 0 Å². The number of ether oxygens (including phenoxy) is 2. The highest BCUT2D eigenvalue weighted by molar-refractivity contribution is 5.90. The van der Waals surface area contributed by atoms with Crippen molar-refractivity contribution in [3.63, 3.8) is 0 Å². The number of unbranched alkanes of at least 4 members (excludes halogenated alkanes) is 1. The predicted molar refractivity (Wildman–Crippen MR) is 161 cm³/mol. The van der Waals surface area contributed by atoms with Crippen molar-refractivity contribution in [1.82, 2.24) is 0 Å². The molecule has 0 aliphatic heterocycles. The van der Waals surface area contributed by atoms with Crippen molar-refractivity contribution < 1.29 is 29.3 Å². The van der Waals surface area contributed by atoms with Gasteiger partial charge in [0.1, 0.15) is 6.10 Å². The second kappa shape index (κ2) is 12.1. The van der Waals surface area contributed by atoms with Gasteiger partial charge in [0.2, 0.25) is 0 Å². The topological polar surface area (TPSA) is 93.1 Å². The van der Waals surface area contributed by atoms with Gasteiger partial charge in [0, 0.05) is 12.5 Å². The van der Waals surface area contributed by atoms with Gasteiger partial charge in [0.15, 0.2) is 0 Å². The molecule has 4 aliphatic carbocycles. The summed E-state index contributed by atoms with van der Waals surface area (Å²) in [5, 5.41) is 22.8. The lowest BCUT2D eigenvalue weighted by Crippen LogP contribution is -2.65. The number of allylic oxidation sites excluding steroid dienone is 2. The Morgan fingerprint density at radius 1 is 1.02 bits per heavy atom. The van der Waals surface area contributed by atoms with Gasteiger partial charge in [-0.2, -0.15) is 0 Å². The summed E-state index contributed by atoms with van der Waals surface area (Å²) in [5.41, 5.74) is 2.19. The van der Waals surface area contributed by atoms with E-state index in [9.17, 15) is 19.8 Å². The predicted octanol–water partition coefficient (Wildman–Crippen LogP) is 6.92. The van der Waals surface area contributed by atoms with Gasteiger partial charge in [0.25, 0.3) is 0 Å². The summed E-state index contributed by atoms with van der Waals surface area (Å²) in [6.45, 7) is 17.3. The number of rotatable bonds is 8. The molecule has 4 fully saturated rings. The minimum absolute atomic E-state index is 0.0738. The average Bonchev–Trinajstić information content (AvgIpc) is 3.15. The lowest BCUT2D eigenvalue weighted by Gasteiger charge is -2.69. The maximum atomic E-state index is 13.7. The molecular weight excluding hydrogens is 516 g/mol. The number of aliphatic hydroxyl groups excluding tert-OH is 2. The summed E-state index contributed by atoms with van der Waals surface area (Å²) in [6.07, 6.45) is 8.67. The van der Waals surface area contributed by atoms with Crippen molar-refractivity contribution in [3.8, 4) is 0 Å². The van der Waals surface area contributed by atoms with Crippen LogP contribution in [0.1, 0.15) is 120 Å². The van der Waals surface area contributed by atoms with Gasteiger partial charge in [-0.25, -0.2) is 4.79 Å². The first kappa shape index (κ1) is 32.3. The molecule has 0 heterocycles. The van der Waals surface area contributed by atoms with Crippen LogP contribution in [-0.2, 0) is 19.1 Å². The van der Waals surface area contributed by atoms with E-state index >= 15 is 0 Å². The smallest absolute Gasteiger partial charge is 0.334 e. The number of carbonyl (C=O) groups excluding carboxylic acids is 2. The highest BCUT2D eigenvalue weighted by atomic mass is 16.5. The highest BCUT2D eigenvalue weighted by Crippen LogP contribution is 2.74. The van der Waals surface area contributed by atoms with Crippen LogP contribution in [0.4, 0.5) is 0 Å². The summed E-state index contributed by atoms with van der Waals surface area (Å²) in [5.74, 6) is -0.0603. The zero-order valence-electron chi connectivity index (χ0n) is 26.9. The fraction of sp³-hybridized carbons (Fsp3) is 0.829. The molecule has 4 rings (SSSR count). The Labute approximate surface area is 248 Å². The molecule has 0 aromatic carbocycles. The van der Waals surface area contributed by atoms with E-state index in [-0.39, 0.29) is 52.0 Å². The van der Waals surface area contributed by atoms with Gasteiger partial charge in [-0.05, 0) is 117 Å². The van der Waals surface area contributed by atoms with E-state index < -0.39 is 12.2 Å². The number of hydrogen-bond acceptors (Lipinski definition) is 6. The second-order valence-corrected chi connectivity index (χ2v) is 14.8. The van der Waals surface area contributed by atoms with Crippen LogP contribution >= 0.6 is 0 Å². The van der Waals surface area contributed by atoms with Gasteiger partial charge in [-0.3, -0.25) is 4.79 Å². The van der Waals surface area contributed by atoms with Crippen LogP contribution in [0.25, 0.3) is 0 Å². The van der Waals surface area contributed by atoms with Crippen molar-refractivity contribution in [1.29, 1.82) is 0 Å². The summed E-state index contributed by atoms with van der Waals surface area (Å²) >= 11 is 0. The van der Waals surface area contributed by atoms with E-state index in [4.69, 9.17) is 9.47 Å². The van der Waals surface area contributed by atoms with Gasteiger partial charge < -0.3 is 19.7 Å². The highest BCUT2D eigenvalue weighted by Gasteiger charge is 2.70. The van der Waals surface area contributed by atoms with E-state index in [1.54, 1.807) is 0 Å². The van der Waals surface area contributed by atoms with Crippen molar-refractivity contribution in [2.75, 3.05) is 6.61 Å². The van der Waals surface area contributed by atoms with E-state index in [0.717, 1.165) is 44.1 Å². The van der Waals surface area contributed by atoms with Crippen LogP contribution in [0.15, 0.2) is 22.8 Å². The van der Waals surface area contributed by atoms with Gasteiger partial charge in [-0.1, -0.05) is 52.7 Å². The Balaban J connectivity index is 1.82.